The lowest BCUT2D eigenvalue weighted by Crippen LogP contribution is -2.27. The molecule has 1 atom stereocenters. The molecule has 0 spiro atoms. The summed E-state index contributed by atoms with van der Waals surface area (Å²) in [6.45, 7) is 3.08. The van der Waals surface area contributed by atoms with Crippen molar-refractivity contribution >= 4 is 0 Å². The van der Waals surface area contributed by atoms with Crippen LogP contribution < -0.4 is 10.1 Å². The van der Waals surface area contributed by atoms with Crippen LogP contribution >= 0.6 is 0 Å². The SMILES string of the molecule is CCc1ncc(OC2CCCN2)cn1. The molecule has 0 saturated carbocycles. The van der Waals surface area contributed by atoms with E-state index in [1.807, 2.05) is 6.92 Å². The fourth-order valence-electron chi connectivity index (χ4n) is 1.50. The van der Waals surface area contributed by atoms with Gasteiger partial charge in [-0.05, 0) is 19.4 Å². The van der Waals surface area contributed by atoms with Crippen molar-refractivity contribution < 1.29 is 4.74 Å². The van der Waals surface area contributed by atoms with Crippen LogP contribution in [0.4, 0.5) is 0 Å². The molecule has 1 saturated heterocycles. The molecule has 0 radical (unpaired) electrons. The summed E-state index contributed by atoms with van der Waals surface area (Å²) < 4.78 is 5.64. The molecule has 76 valence electrons. The maximum Gasteiger partial charge on any atom is 0.158 e. The Bertz CT molecular complexity index is 280. The molecule has 0 aromatic carbocycles. The van der Waals surface area contributed by atoms with Crippen molar-refractivity contribution in [1.82, 2.24) is 15.3 Å². The Labute approximate surface area is 83.7 Å². The number of aromatic nitrogens is 2. The summed E-state index contributed by atoms with van der Waals surface area (Å²) in [7, 11) is 0. The van der Waals surface area contributed by atoms with E-state index in [-0.39, 0.29) is 6.23 Å². The Morgan fingerprint density at radius 2 is 2.29 bits per heavy atom. The fraction of sp³-hybridized carbons (Fsp3) is 0.600. The lowest BCUT2D eigenvalue weighted by Gasteiger charge is -2.12. The lowest BCUT2D eigenvalue weighted by atomic mass is 10.4. The van der Waals surface area contributed by atoms with E-state index in [4.69, 9.17) is 4.74 Å². The zero-order chi connectivity index (χ0) is 9.80. The highest BCUT2D eigenvalue weighted by molar-refractivity contribution is 5.12. The Hall–Kier alpha value is -1.16. The smallest absolute Gasteiger partial charge is 0.158 e. The Kier molecular flexibility index (Phi) is 2.93. The average Bonchev–Trinajstić information content (AvgIpc) is 2.72. The second kappa shape index (κ2) is 4.37. The number of hydrogen-bond donors (Lipinski definition) is 1. The van der Waals surface area contributed by atoms with Gasteiger partial charge in [0.25, 0.3) is 0 Å². The number of nitrogens with zero attached hydrogens (tertiary/aromatic N) is 2. The van der Waals surface area contributed by atoms with Gasteiger partial charge < -0.3 is 4.74 Å². The third kappa shape index (κ3) is 2.20. The van der Waals surface area contributed by atoms with Gasteiger partial charge in [0.15, 0.2) is 5.75 Å². The summed E-state index contributed by atoms with van der Waals surface area (Å²) in [6, 6.07) is 0. The van der Waals surface area contributed by atoms with Crippen molar-refractivity contribution in [3.8, 4) is 5.75 Å². The number of hydrogen-bond acceptors (Lipinski definition) is 4. The predicted octanol–water partition coefficient (Wildman–Crippen LogP) is 1.13. The zero-order valence-corrected chi connectivity index (χ0v) is 8.36. The van der Waals surface area contributed by atoms with E-state index in [0.29, 0.717) is 0 Å². The van der Waals surface area contributed by atoms with Gasteiger partial charge in [0.1, 0.15) is 12.1 Å². The molecular weight excluding hydrogens is 178 g/mol. The van der Waals surface area contributed by atoms with Crippen LogP contribution in [0.15, 0.2) is 12.4 Å². The number of ether oxygens (including phenoxy) is 1. The largest absolute Gasteiger partial charge is 0.472 e. The number of aryl methyl sites for hydroxylation is 1. The van der Waals surface area contributed by atoms with Gasteiger partial charge in [-0.25, -0.2) is 9.97 Å². The minimum Gasteiger partial charge on any atom is -0.472 e. The second-order valence-electron chi connectivity index (χ2n) is 3.39. The summed E-state index contributed by atoms with van der Waals surface area (Å²) in [6.07, 6.45) is 6.74. The first-order valence-electron chi connectivity index (χ1n) is 5.09. The molecule has 4 heteroatoms. The highest BCUT2D eigenvalue weighted by Gasteiger charge is 2.15. The van der Waals surface area contributed by atoms with Crippen LogP contribution in [0.3, 0.4) is 0 Å². The molecule has 0 amide bonds. The van der Waals surface area contributed by atoms with Crippen molar-refractivity contribution in [3.05, 3.63) is 18.2 Å². The molecule has 1 aliphatic rings. The average molecular weight is 193 g/mol. The molecule has 0 aliphatic carbocycles. The molecular formula is C10H15N3O. The van der Waals surface area contributed by atoms with Gasteiger partial charge in [-0.1, -0.05) is 6.92 Å². The van der Waals surface area contributed by atoms with E-state index in [1.165, 1.54) is 6.42 Å². The molecule has 1 aliphatic heterocycles. The fourth-order valence-corrected chi connectivity index (χ4v) is 1.50. The molecule has 1 aromatic rings. The second-order valence-corrected chi connectivity index (χ2v) is 3.39. The minimum absolute atomic E-state index is 0.145. The van der Waals surface area contributed by atoms with E-state index in [2.05, 4.69) is 15.3 Å². The van der Waals surface area contributed by atoms with Crippen LogP contribution in [-0.4, -0.2) is 22.7 Å². The maximum absolute atomic E-state index is 5.64. The van der Waals surface area contributed by atoms with Gasteiger partial charge in [0, 0.05) is 6.42 Å². The van der Waals surface area contributed by atoms with Gasteiger partial charge in [0.2, 0.25) is 0 Å². The van der Waals surface area contributed by atoms with Crippen LogP contribution in [0, 0.1) is 0 Å². The molecule has 2 heterocycles. The summed E-state index contributed by atoms with van der Waals surface area (Å²) in [5.41, 5.74) is 0. The highest BCUT2D eigenvalue weighted by Crippen LogP contribution is 2.13. The molecule has 1 N–H and O–H groups in total. The van der Waals surface area contributed by atoms with Crippen molar-refractivity contribution in [1.29, 1.82) is 0 Å². The lowest BCUT2D eigenvalue weighted by molar-refractivity contribution is 0.186. The molecule has 0 bridgehead atoms. The molecule has 2 rings (SSSR count). The first kappa shape index (κ1) is 9.40. The quantitative estimate of drug-likeness (QED) is 0.781. The Morgan fingerprint density at radius 1 is 1.50 bits per heavy atom. The van der Waals surface area contributed by atoms with E-state index >= 15 is 0 Å². The van der Waals surface area contributed by atoms with Gasteiger partial charge >= 0.3 is 0 Å². The van der Waals surface area contributed by atoms with Crippen LogP contribution in [0.25, 0.3) is 0 Å². The van der Waals surface area contributed by atoms with E-state index < -0.39 is 0 Å². The van der Waals surface area contributed by atoms with E-state index in [0.717, 1.165) is 31.0 Å². The first-order chi connectivity index (χ1) is 6.88. The molecule has 1 aromatic heterocycles. The third-order valence-electron chi connectivity index (χ3n) is 2.29. The monoisotopic (exact) mass is 193 g/mol. The Morgan fingerprint density at radius 3 is 2.86 bits per heavy atom. The molecule has 1 unspecified atom stereocenters. The normalized spacial score (nSPS) is 21.1. The molecule has 4 nitrogen and oxygen atoms in total. The van der Waals surface area contributed by atoms with Crippen LogP contribution in [-0.2, 0) is 6.42 Å². The number of nitrogens with one attached hydrogen (secondary N) is 1. The van der Waals surface area contributed by atoms with Crippen molar-refractivity contribution in [2.75, 3.05) is 6.54 Å². The van der Waals surface area contributed by atoms with Crippen LogP contribution in [0.5, 0.6) is 5.75 Å². The topological polar surface area (TPSA) is 47.0 Å². The summed E-state index contributed by atoms with van der Waals surface area (Å²) in [4.78, 5) is 8.35. The van der Waals surface area contributed by atoms with E-state index in [9.17, 15) is 0 Å². The third-order valence-corrected chi connectivity index (χ3v) is 2.29. The molecule has 14 heavy (non-hydrogen) atoms. The maximum atomic E-state index is 5.64. The number of rotatable bonds is 3. The van der Waals surface area contributed by atoms with Gasteiger partial charge in [-0.3, -0.25) is 5.32 Å². The van der Waals surface area contributed by atoms with Crippen molar-refractivity contribution in [2.45, 2.75) is 32.4 Å². The minimum atomic E-state index is 0.145. The molecule has 1 fully saturated rings. The van der Waals surface area contributed by atoms with Gasteiger partial charge in [-0.2, -0.15) is 0 Å². The predicted molar refractivity (Wildman–Crippen MR) is 53.1 cm³/mol. The Balaban J connectivity index is 1.95. The highest BCUT2D eigenvalue weighted by atomic mass is 16.5. The zero-order valence-electron chi connectivity index (χ0n) is 8.36. The van der Waals surface area contributed by atoms with E-state index in [1.54, 1.807) is 12.4 Å². The summed E-state index contributed by atoms with van der Waals surface area (Å²) in [5, 5.41) is 3.26. The first-order valence-corrected chi connectivity index (χ1v) is 5.09. The van der Waals surface area contributed by atoms with Crippen molar-refractivity contribution in [3.63, 3.8) is 0 Å². The summed E-state index contributed by atoms with van der Waals surface area (Å²) >= 11 is 0. The standard InChI is InChI=1S/C10H15N3O/c1-2-9-12-6-8(7-13-9)14-10-4-3-5-11-10/h6-7,10-11H,2-5H2,1H3. The summed E-state index contributed by atoms with van der Waals surface area (Å²) in [5.74, 6) is 1.61. The van der Waals surface area contributed by atoms with Gasteiger partial charge in [0.05, 0.1) is 12.4 Å². The van der Waals surface area contributed by atoms with Crippen molar-refractivity contribution in [2.24, 2.45) is 0 Å². The van der Waals surface area contributed by atoms with Crippen LogP contribution in [0.1, 0.15) is 25.6 Å². The van der Waals surface area contributed by atoms with Gasteiger partial charge in [-0.15, -0.1) is 0 Å². The van der Waals surface area contributed by atoms with Crippen LogP contribution in [0.2, 0.25) is 0 Å².